The minimum Gasteiger partial charge on any atom is -0.485 e. The minimum atomic E-state index is 0.480. The Morgan fingerprint density at radius 1 is 1.35 bits per heavy atom. The molecule has 1 heterocycles. The van der Waals surface area contributed by atoms with Crippen molar-refractivity contribution in [3.63, 3.8) is 0 Å². The number of aromatic amines is 1. The quantitative estimate of drug-likeness (QED) is 0.791. The van der Waals surface area contributed by atoms with Gasteiger partial charge >= 0.3 is 0 Å². The third kappa shape index (κ3) is 2.25. The van der Waals surface area contributed by atoms with E-state index < -0.39 is 0 Å². The van der Waals surface area contributed by atoms with Gasteiger partial charge in [-0.3, -0.25) is 5.10 Å². The zero-order chi connectivity index (χ0) is 11.7. The van der Waals surface area contributed by atoms with Crippen molar-refractivity contribution in [3.05, 3.63) is 41.7 Å². The second kappa shape index (κ2) is 4.13. The van der Waals surface area contributed by atoms with E-state index in [-0.39, 0.29) is 0 Å². The number of nitrogens with two attached hydrogens (primary N) is 1. The lowest BCUT2D eigenvalue weighted by molar-refractivity contribution is 0.303. The Kier molecular flexibility index (Phi) is 2.48. The van der Waals surface area contributed by atoms with Crippen LogP contribution in [0, 0.1) is 0 Å². The van der Waals surface area contributed by atoms with Crippen LogP contribution in [0.4, 0.5) is 5.69 Å². The summed E-state index contributed by atoms with van der Waals surface area (Å²) in [6.07, 6.45) is 2.52. The number of hydrogen-bond acceptors (Lipinski definition) is 3. The minimum absolute atomic E-state index is 0.480. The molecule has 3 N–H and O–H groups in total. The number of benzene rings is 1. The molecule has 1 fully saturated rings. The van der Waals surface area contributed by atoms with Crippen molar-refractivity contribution in [1.29, 1.82) is 0 Å². The molecule has 1 aliphatic carbocycles. The molecule has 0 unspecified atom stereocenters. The van der Waals surface area contributed by atoms with Crippen molar-refractivity contribution in [1.82, 2.24) is 10.2 Å². The summed E-state index contributed by atoms with van der Waals surface area (Å²) in [7, 11) is 0. The molecule has 0 radical (unpaired) electrons. The molecule has 2 aromatic rings. The van der Waals surface area contributed by atoms with Gasteiger partial charge in [-0.2, -0.15) is 5.10 Å². The van der Waals surface area contributed by atoms with Crippen molar-refractivity contribution in [2.24, 2.45) is 0 Å². The molecule has 1 aromatic heterocycles. The van der Waals surface area contributed by atoms with Crippen LogP contribution in [0.1, 0.15) is 30.1 Å². The Hall–Kier alpha value is -1.97. The molecule has 1 aromatic carbocycles. The van der Waals surface area contributed by atoms with Crippen LogP contribution in [0.15, 0.2) is 30.3 Å². The molecule has 88 valence electrons. The van der Waals surface area contributed by atoms with Gasteiger partial charge in [-0.15, -0.1) is 0 Å². The van der Waals surface area contributed by atoms with E-state index in [1.807, 2.05) is 24.3 Å². The number of ether oxygens (including phenoxy) is 1. The van der Waals surface area contributed by atoms with E-state index in [9.17, 15) is 0 Å². The third-order valence-corrected chi connectivity index (χ3v) is 2.95. The fourth-order valence-corrected chi connectivity index (χ4v) is 1.81. The van der Waals surface area contributed by atoms with Crippen molar-refractivity contribution >= 4 is 5.69 Å². The highest BCUT2D eigenvalue weighted by Crippen LogP contribution is 2.39. The van der Waals surface area contributed by atoms with E-state index >= 15 is 0 Å². The molecule has 0 amide bonds. The maximum absolute atomic E-state index is 5.80. The molecule has 1 aliphatic rings. The number of H-pyrrole nitrogens is 1. The average Bonchev–Trinajstić information content (AvgIpc) is 3.08. The Bertz CT molecular complexity index is 517. The Morgan fingerprint density at radius 2 is 2.18 bits per heavy atom. The summed E-state index contributed by atoms with van der Waals surface area (Å²) in [6.45, 7) is 0.480. The van der Waals surface area contributed by atoms with Gasteiger partial charge in [0.25, 0.3) is 0 Å². The maximum atomic E-state index is 5.80. The van der Waals surface area contributed by atoms with Crippen LogP contribution >= 0.6 is 0 Å². The number of anilines is 1. The average molecular weight is 229 g/mol. The van der Waals surface area contributed by atoms with Gasteiger partial charge in [-0.1, -0.05) is 12.1 Å². The van der Waals surface area contributed by atoms with Gasteiger partial charge < -0.3 is 10.5 Å². The smallest absolute Gasteiger partial charge is 0.142 e. The van der Waals surface area contributed by atoms with Crippen LogP contribution in [0.2, 0.25) is 0 Å². The van der Waals surface area contributed by atoms with Gasteiger partial charge in [0.2, 0.25) is 0 Å². The zero-order valence-electron chi connectivity index (χ0n) is 9.52. The lowest BCUT2D eigenvalue weighted by Gasteiger charge is -2.06. The Morgan fingerprint density at radius 3 is 2.94 bits per heavy atom. The number of para-hydroxylation sites is 2. The molecule has 0 saturated heterocycles. The van der Waals surface area contributed by atoms with E-state index in [2.05, 4.69) is 16.3 Å². The summed E-state index contributed by atoms with van der Waals surface area (Å²) in [6, 6.07) is 9.58. The topological polar surface area (TPSA) is 63.9 Å². The molecule has 4 heteroatoms. The third-order valence-electron chi connectivity index (χ3n) is 2.95. The first-order valence-corrected chi connectivity index (χ1v) is 5.84. The van der Waals surface area contributed by atoms with Crippen molar-refractivity contribution < 1.29 is 4.74 Å². The summed E-state index contributed by atoms with van der Waals surface area (Å²) in [5.41, 5.74) is 8.61. The van der Waals surface area contributed by atoms with Gasteiger partial charge in [-0.25, -0.2) is 0 Å². The van der Waals surface area contributed by atoms with Gasteiger partial charge in [0.15, 0.2) is 0 Å². The highest BCUT2D eigenvalue weighted by Gasteiger charge is 2.26. The van der Waals surface area contributed by atoms with Gasteiger partial charge in [-0.05, 0) is 31.0 Å². The summed E-state index contributed by atoms with van der Waals surface area (Å²) in [4.78, 5) is 0. The van der Waals surface area contributed by atoms with Crippen LogP contribution in [-0.2, 0) is 6.61 Å². The molecular weight excluding hydrogens is 214 g/mol. The van der Waals surface area contributed by atoms with Crippen LogP contribution in [-0.4, -0.2) is 10.2 Å². The number of nitrogens with one attached hydrogen (secondary N) is 1. The lowest BCUT2D eigenvalue weighted by Crippen LogP contribution is -1.98. The van der Waals surface area contributed by atoms with E-state index in [0.29, 0.717) is 18.2 Å². The summed E-state index contributed by atoms with van der Waals surface area (Å²) in [5.74, 6) is 1.39. The number of rotatable bonds is 4. The van der Waals surface area contributed by atoms with Crippen LogP contribution in [0.5, 0.6) is 5.75 Å². The first-order chi connectivity index (χ1) is 8.33. The van der Waals surface area contributed by atoms with E-state index in [1.54, 1.807) is 0 Å². The molecule has 0 spiro atoms. The van der Waals surface area contributed by atoms with Gasteiger partial charge in [0.1, 0.15) is 12.4 Å². The molecule has 1 saturated carbocycles. The Balaban J connectivity index is 1.65. The van der Waals surface area contributed by atoms with Gasteiger partial charge in [0, 0.05) is 5.92 Å². The molecule has 17 heavy (non-hydrogen) atoms. The summed E-state index contributed by atoms with van der Waals surface area (Å²) in [5, 5.41) is 7.28. The molecular formula is C13H15N3O. The van der Waals surface area contributed by atoms with Crippen LogP contribution in [0.25, 0.3) is 0 Å². The van der Waals surface area contributed by atoms with Crippen molar-refractivity contribution in [3.8, 4) is 5.75 Å². The summed E-state index contributed by atoms with van der Waals surface area (Å²) < 4.78 is 5.64. The van der Waals surface area contributed by atoms with Crippen molar-refractivity contribution in [2.45, 2.75) is 25.4 Å². The predicted octanol–water partition coefficient (Wildman–Crippen LogP) is 2.45. The highest BCUT2D eigenvalue weighted by atomic mass is 16.5. The Labute approximate surface area is 99.8 Å². The first kappa shape index (κ1) is 10.2. The second-order valence-electron chi connectivity index (χ2n) is 4.42. The fraction of sp³-hybridized carbons (Fsp3) is 0.308. The molecule has 4 nitrogen and oxygen atoms in total. The maximum Gasteiger partial charge on any atom is 0.142 e. The highest BCUT2D eigenvalue weighted by molar-refractivity contribution is 5.51. The predicted molar refractivity (Wildman–Crippen MR) is 65.7 cm³/mol. The SMILES string of the molecule is Nc1ccccc1OCc1cc(C2CC2)n[nH]1. The monoisotopic (exact) mass is 229 g/mol. The molecule has 0 aliphatic heterocycles. The van der Waals surface area contributed by atoms with E-state index in [4.69, 9.17) is 10.5 Å². The van der Waals surface area contributed by atoms with E-state index in [1.165, 1.54) is 12.8 Å². The van der Waals surface area contributed by atoms with Crippen LogP contribution < -0.4 is 10.5 Å². The normalized spacial score (nSPS) is 14.8. The summed E-state index contributed by atoms with van der Waals surface area (Å²) >= 11 is 0. The molecule has 0 bridgehead atoms. The van der Waals surface area contributed by atoms with E-state index in [0.717, 1.165) is 17.1 Å². The number of nitrogens with zero attached hydrogens (tertiary/aromatic N) is 1. The van der Waals surface area contributed by atoms with Gasteiger partial charge in [0.05, 0.1) is 17.1 Å². The number of hydrogen-bond donors (Lipinski definition) is 2. The lowest BCUT2D eigenvalue weighted by atomic mass is 10.3. The van der Waals surface area contributed by atoms with Crippen LogP contribution in [0.3, 0.4) is 0 Å². The standard InChI is InChI=1S/C13H15N3O/c14-11-3-1-2-4-13(11)17-8-10-7-12(16-15-10)9-5-6-9/h1-4,7,9H,5-6,8,14H2,(H,15,16). The number of aromatic nitrogens is 2. The largest absolute Gasteiger partial charge is 0.485 e. The zero-order valence-corrected chi connectivity index (χ0v) is 9.52. The fourth-order valence-electron chi connectivity index (χ4n) is 1.81. The second-order valence-corrected chi connectivity index (χ2v) is 4.42. The number of nitrogen functional groups attached to an aromatic ring is 1. The first-order valence-electron chi connectivity index (χ1n) is 5.84. The molecule has 0 atom stereocenters. The molecule has 3 rings (SSSR count). The van der Waals surface area contributed by atoms with Crippen molar-refractivity contribution in [2.75, 3.05) is 5.73 Å².